The molecular formula is C26H29FN2O5S. The van der Waals surface area contributed by atoms with Crippen molar-refractivity contribution in [2.45, 2.75) is 31.2 Å². The molecule has 0 saturated heterocycles. The van der Waals surface area contributed by atoms with Crippen molar-refractivity contribution in [3.63, 3.8) is 0 Å². The molecule has 0 radical (unpaired) electrons. The molecule has 35 heavy (non-hydrogen) atoms. The molecule has 9 heteroatoms. The first kappa shape index (κ1) is 26.0. The van der Waals surface area contributed by atoms with Gasteiger partial charge in [-0.15, -0.1) is 0 Å². The van der Waals surface area contributed by atoms with E-state index in [-0.39, 0.29) is 16.6 Å². The highest BCUT2D eigenvalue weighted by molar-refractivity contribution is 7.92. The summed E-state index contributed by atoms with van der Waals surface area (Å²) < 4.78 is 52.1. The Bertz CT molecular complexity index is 1210. The number of benzene rings is 3. The highest BCUT2D eigenvalue weighted by Crippen LogP contribution is 2.26. The molecule has 3 rings (SSSR count). The molecule has 0 aromatic heterocycles. The third-order valence-electron chi connectivity index (χ3n) is 5.39. The maximum absolute atomic E-state index is 13.5. The molecule has 0 unspecified atom stereocenters. The summed E-state index contributed by atoms with van der Waals surface area (Å²) in [6.45, 7) is 3.72. The van der Waals surface area contributed by atoms with Gasteiger partial charge in [-0.3, -0.25) is 9.10 Å². The number of hydrogen-bond acceptors (Lipinski definition) is 5. The Hall–Kier alpha value is -3.59. The van der Waals surface area contributed by atoms with E-state index >= 15 is 0 Å². The van der Waals surface area contributed by atoms with Gasteiger partial charge in [-0.05, 0) is 79.6 Å². The summed E-state index contributed by atoms with van der Waals surface area (Å²) in [4.78, 5) is 13.0. The molecule has 0 bridgehead atoms. The topological polar surface area (TPSA) is 84.9 Å². The van der Waals surface area contributed by atoms with Crippen LogP contribution in [-0.4, -0.2) is 34.6 Å². The fourth-order valence-electron chi connectivity index (χ4n) is 3.55. The monoisotopic (exact) mass is 500 g/mol. The lowest BCUT2D eigenvalue weighted by molar-refractivity contribution is -0.120. The first-order chi connectivity index (χ1) is 16.8. The SMILES string of the molecule is CCOc1ccc(S(=O)(=O)N(CC(=O)N[C@@H](CC)c2ccc(OC)cc2)c2ccc(F)cc2)cc1. The molecule has 0 aliphatic carbocycles. The van der Waals surface area contributed by atoms with E-state index in [0.717, 1.165) is 22.0 Å². The normalized spacial score (nSPS) is 12.0. The standard InChI is InChI=1S/C26H29FN2O5S/c1-4-25(19-6-12-22(33-3)13-7-19)28-26(30)18-29(21-10-8-20(27)9-11-21)35(31,32)24-16-14-23(15-17-24)34-5-2/h6-17,25H,4-5,18H2,1-3H3,(H,28,30)/t25-/m0/s1. The highest BCUT2D eigenvalue weighted by Gasteiger charge is 2.28. The maximum Gasteiger partial charge on any atom is 0.264 e. The van der Waals surface area contributed by atoms with E-state index in [1.54, 1.807) is 31.4 Å². The van der Waals surface area contributed by atoms with Crippen LogP contribution in [0.1, 0.15) is 31.9 Å². The van der Waals surface area contributed by atoms with Gasteiger partial charge in [-0.25, -0.2) is 12.8 Å². The average molecular weight is 501 g/mol. The summed E-state index contributed by atoms with van der Waals surface area (Å²) >= 11 is 0. The highest BCUT2D eigenvalue weighted by atomic mass is 32.2. The van der Waals surface area contributed by atoms with Gasteiger partial charge in [0.15, 0.2) is 0 Å². The molecule has 0 aliphatic heterocycles. The summed E-state index contributed by atoms with van der Waals surface area (Å²) in [6.07, 6.45) is 0.597. The number of halogens is 1. The number of rotatable bonds is 11. The maximum atomic E-state index is 13.5. The third kappa shape index (κ3) is 6.51. The van der Waals surface area contributed by atoms with E-state index in [4.69, 9.17) is 9.47 Å². The average Bonchev–Trinajstić information content (AvgIpc) is 2.87. The van der Waals surface area contributed by atoms with Crippen molar-refractivity contribution in [1.29, 1.82) is 0 Å². The Morgan fingerprint density at radius 3 is 2.09 bits per heavy atom. The fraction of sp³-hybridized carbons (Fsp3) is 0.269. The minimum Gasteiger partial charge on any atom is -0.497 e. The molecule has 3 aromatic carbocycles. The number of anilines is 1. The molecule has 0 fully saturated rings. The molecule has 1 N–H and O–H groups in total. The first-order valence-electron chi connectivity index (χ1n) is 11.2. The second-order valence-corrected chi connectivity index (χ2v) is 9.56. The number of methoxy groups -OCH3 is 1. The summed E-state index contributed by atoms with van der Waals surface area (Å²) in [5, 5.41) is 2.90. The predicted octanol–water partition coefficient (Wildman–Crippen LogP) is 4.70. The number of sulfonamides is 1. The van der Waals surface area contributed by atoms with Crippen molar-refractivity contribution < 1.29 is 27.1 Å². The molecule has 0 saturated carbocycles. The molecule has 3 aromatic rings. The van der Waals surface area contributed by atoms with Gasteiger partial charge in [-0.1, -0.05) is 19.1 Å². The van der Waals surface area contributed by atoms with Crippen LogP contribution in [0.25, 0.3) is 0 Å². The molecular weight excluding hydrogens is 471 g/mol. The number of carbonyl (C=O) groups is 1. The molecule has 0 spiro atoms. The van der Waals surface area contributed by atoms with Crippen molar-refractivity contribution in [2.24, 2.45) is 0 Å². The lowest BCUT2D eigenvalue weighted by Crippen LogP contribution is -2.42. The lowest BCUT2D eigenvalue weighted by atomic mass is 10.0. The van der Waals surface area contributed by atoms with Gasteiger partial charge in [0.2, 0.25) is 5.91 Å². The van der Waals surface area contributed by atoms with Crippen LogP contribution in [-0.2, 0) is 14.8 Å². The third-order valence-corrected chi connectivity index (χ3v) is 7.17. The van der Waals surface area contributed by atoms with Gasteiger partial charge >= 0.3 is 0 Å². The van der Waals surface area contributed by atoms with Gasteiger partial charge in [-0.2, -0.15) is 0 Å². The largest absolute Gasteiger partial charge is 0.497 e. The number of nitrogens with zero attached hydrogens (tertiary/aromatic N) is 1. The molecule has 1 atom stereocenters. The van der Waals surface area contributed by atoms with E-state index in [1.165, 1.54) is 24.3 Å². The molecule has 186 valence electrons. The Balaban J connectivity index is 1.87. The Morgan fingerprint density at radius 1 is 0.943 bits per heavy atom. The van der Waals surface area contributed by atoms with E-state index in [0.29, 0.717) is 24.5 Å². The minimum absolute atomic E-state index is 0.0136. The van der Waals surface area contributed by atoms with Crippen LogP contribution in [0.15, 0.2) is 77.7 Å². The second kappa shape index (κ2) is 11.7. The number of ether oxygens (including phenoxy) is 2. The summed E-state index contributed by atoms with van der Waals surface area (Å²) in [6, 6.07) is 17.9. The van der Waals surface area contributed by atoms with Crippen molar-refractivity contribution in [1.82, 2.24) is 5.32 Å². The van der Waals surface area contributed by atoms with Gasteiger partial charge in [0.25, 0.3) is 10.0 Å². The van der Waals surface area contributed by atoms with Gasteiger partial charge in [0.05, 0.1) is 30.3 Å². The van der Waals surface area contributed by atoms with Crippen LogP contribution >= 0.6 is 0 Å². The summed E-state index contributed by atoms with van der Waals surface area (Å²) in [5.74, 6) is 0.218. The van der Waals surface area contributed by atoms with Crippen LogP contribution < -0.4 is 19.1 Å². The van der Waals surface area contributed by atoms with E-state index in [2.05, 4.69) is 5.32 Å². The zero-order valence-electron chi connectivity index (χ0n) is 19.9. The second-order valence-electron chi connectivity index (χ2n) is 7.69. The number of amides is 1. The van der Waals surface area contributed by atoms with E-state index < -0.39 is 28.3 Å². The van der Waals surface area contributed by atoms with Gasteiger partial charge in [0, 0.05) is 0 Å². The molecule has 0 aliphatic rings. The quantitative estimate of drug-likeness (QED) is 0.413. The smallest absolute Gasteiger partial charge is 0.264 e. The number of hydrogen-bond donors (Lipinski definition) is 1. The van der Waals surface area contributed by atoms with E-state index in [9.17, 15) is 17.6 Å². The van der Waals surface area contributed by atoms with Gasteiger partial charge in [0.1, 0.15) is 23.9 Å². The van der Waals surface area contributed by atoms with Crippen molar-refractivity contribution in [3.8, 4) is 11.5 Å². The Labute approximate surface area is 205 Å². The fourth-order valence-corrected chi connectivity index (χ4v) is 4.97. The lowest BCUT2D eigenvalue weighted by Gasteiger charge is -2.26. The van der Waals surface area contributed by atoms with Crippen LogP contribution in [0.4, 0.5) is 10.1 Å². The number of nitrogens with one attached hydrogen (secondary N) is 1. The summed E-state index contributed by atoms with van der Waals surface area (Å²) in [7, 11) is -2.56. The minimum atomic E-state index is -4.13. The zero-order valence-corrected chi connectivity index (χ0v) is 20.7. The van der Waals surface area contributed by atoms with Crippen molar-refractivity contribution >= 4 is 21.6 Å². The van der Waals surface area contributed by atoms with Crippen molar-refractivity contribution in [2.75, 3.05) is 24.6 Å². The molecule has 0 heterocycles. The first-order valence-corrected chi connectivity index (χ1v) is 12.7. The predicted molar refractivity (Wildman–Crippen MR) is 133 cm³/mol. The van der Waals surface area contributed by atoms with Crippen LogP contribution in [0.2, 0.25) is 0 Å². The van der Waals surface area contributed by atoms with Crippen LogP contribution in [0, 0.1) is 5.82 Å². The van der Waals surface area contributed by atoms with Crippen molar-refractivity contribution in [3.05, 3.63) is 84.2 Å². The molecule has 7 nitrogen and oxygen atoms in total. The number of carbonyl (C=O) groups excluding carboxylic acids is 1. The Morgan fingerprint density at radius 2 is 1.54 bits per heavy atom. The van der Waals surface area contributed by atoms with Crippen LogP contribution in [0.3, 0.4) is 0 Å². The van der Waals surface area contributed by atoms with Gasteiger partial charge < -0.3 is 14.8 Å². The zero-order chi connectivity index (χ0) is 25.4. The van der Waals surface area contributed by atoms with Crippen LogP contribution in [0.5, 0.6) is 11.5 Å². The van der Waals surface area contributed by atoms with E-state index in [1.807, 2.05) is 26.0 Å². The Kier molecular flexibility index (Phi) is 8.70. The molecule has 1 amide bonds. The summed E-state index contributed by atoms with van der Waals surface area (Å²) in [5.41, 5.74) is 1.04.